The van der Waals surface area contributed by atoms with E-state index < -0.39 is 0 Å². The molecule has 0 spiro atoms. The Morgan fingerprint density at radius 3 is 3.11 bits per heavy atom. The summed E-state index contributed by atoms with van der Waals surface area (Å²) in [7, 11) is 0. The first-order valence-corrected chi connectivity index (χ1v) is 6.49. The third-order valence-electron chi connectivity index (χ3n) is 3.26. The number of hydrogen-bond donors (Lipinski definition) is 1. The molecule has 0 amide bonds. The summed E-state index contributed by atoms with van der Waals surface area (Å²) in [5.41, 5.74) is 0.823. The maximum absolute atomic E-state index is 9.64. The molecule has 0 aliphatic carbocycles. The summed E-state index contributed by atoms with van der Waals surface area (Å²) in [5, 5.41) is 13.6. The topological polar surface area (TPSA) is 75.3 Å². The van der Waals surface area contributed by atoms with Gasteiger partial charge in [0.1, 0.15) is 5.82 Å². The van der Waals surface area contributed by atoms with Crippen LogP contribution in [0.1, 0.15) is 19.2 Å². The van der Waals surface area contributed by atoms with Crippen LogP contribution in [0.2, 0.25) is 0 Å². The monoisotopic (exact) mass is 260 g/mol. The number of nitrogens with zero attached hydrogens (tertiary/aromatic N) is 4. The summed E-state index contributed by atoms with van der Waals surface area (Å²) < 4.78 is 5.28. The SMILES string of the molecule is CCc1noc(-c2cccnc2N2CCC(O)C2)n1. The number of hydrogen-bond acceptors (Lipinski definition) is 6. The van der Waals surface area contributed by atoms with Gasteiger partial charge >= 0.3 is 0 Å². The Morgan fingerprint density at radius 1 is 1.53 bits per heavy atom. The largest absolute Gasteiger partial charge is 0.391 e. The van der Waals surface area contributed by atoms with Gasteiger partial charge in [0.25, 0.3) is 5.89 Å². The Balaban J connectivity index is 1.97. The predicted octanol–water partition coefficient (Wildman–Crippen LogP) is 1.26. The molecule has 1 saturated heterocycles. The van der Waals surface area contributed by atoms with Gasteiger partial charge < -0.3 is 14.5 Å². The van der Waals surface area contributed by atoms with Crippen LogP contribution in [0.5, 0.6) is 0 Å². The maximum atomic E-state index is 9.64. The lowest BCUT2D eigenvalue weighted by atomic mass is 10.2. The summed E-state index contributed by atoms with van der Waals surface area (Å²) in [6, 6.07) is 3.77. The van der Waals surface area contributed by atoms with Gasteiger partial charge in [-0.1, -0.05) is 12.1 Å². The molecule has 0 saturated carbocycles. The van der Waals surface area contributed by atoms with Gasteiger partial charge in [-0.2, -0.15) is 4.98 Å². The Morgan fingerprint density at radius 2 is 2.42 bits per heavy atom. The predicted molar refractivity (Wildman–Crippen MR) is 69.7 cm³/mol. The average Bonchev–Trinajstić information content (AvgIpc) is 3.07. The van der Waals surface area contributed by atoms with Crippen molar-refractivity contribution < 1.29 is 9.63 Å². The van der Waals surface area contributed by atoms with Crippen LogP contribution < -0.4 is 4.90 Å². The van der Waals surface area contributed by atoms with Gasteiger partial charge in [-0.05, 0) is 18.6 Å². The van der Waals surface area contributed by atoms with E-state index in [1.54, 1.807) is 6.20 Å². The first-order valence-electron chi connectivity index (χ1n) is 6.49. The molecule has 1 atom stereocenters. The van der Waals surface area contributed by atoms with Crippen molar-refractivity contribution >= 4 is 5.82 Å². The van der Waals surface area contributed by atoms with E-state index in [9.17, 15) is 5.11 Å². The van der Waals surface area contributed by atoms with Crippen molar-refractivity contribution in [1.29, 1.82) is 0 Å². The molecule has 1 fully saturated rings. The van der Waals surface area contributed by atoms with E-state index in [-0.39, 0.29) is 6.10 Å². The highest BCUT2D eigenvalue weighted by atomic mass is 16.5. The van der Waals surface area contributed by atoms with Crippen LogP contribution in [0.15, 0.2) is 22.9 Å². The van der Waals surface area contributed by atoms with Crippen LogP contribution in [0, 0.1) is 0 Å². The van der Waals surface area contributed by atoms with Crippen molar-refractivity contribution in [3.63, 3.8) is 0 Å². The number of aliphatic hydroxyl groups excluding tert-OH is 1. The molecule has 1 N–H and O–H groups in total. The number of aromatic nitrogens is 3. The van der Waals surface area contributed by atoms with Crippen LogP contribution in [0.3, 0.4) is 0 Å². The lowest BCUT2D eigenvalue weighted by molar-refractivity contribution is 0.198. The Bertz CT molecular complexity index is 569. The second-order valence-corrected chi connectivity index (χ2v) is 4.63. The molecule has 0 aromatic carbocycles. The lowest BCUT2D eigenvalue weighted by Crippen LogP contribution is -2.22. The number of aryl methyl sites for hydroxylation is 1. The standard InChI is InChI=1S/C13H16N4O2/c1-2-11-15-13(19-16-11)10-4-3-6-14-12(10)17-7-5-9(18)8-17/h3-4,6,9,18H,2,5,7-8H2,1H3. The first-order chi connectivity index (χ1) is 9.28. The van der Waals surface area contributed by atoms with Crippen molar-refractivity contribution in [2.45, 2.75) is 25.9 Å². The van der Waals surface area contributed by atoms with Gasteiger partial charge in [0.2, 0.25) is 0 Å². The molecule has 100 valence electrons. The van der Waals surface area contributed by atoms with Crippen molar-refractivity contribution in [3.05, 3.63) is 24.2 Å². The van der Waals surface area contributed by atoms with E-state index in [2.05, 4.69) is 20.0 Å². The van der Waals surface area contributed by atoms with Crippen molar-refractivity contribution in [3.8, 4) is 11.5 Å². The van der Waals surface area contributed by atoms with E-state index in [0.717, 1.165) is 30.8 Å². The van der Waals surface area contributed by atoms with Gasteiger partial charge in [-0.25, -0.2) is 4.98 Å². The van der Waals surface area contributed by atoms with Gasteiger partial charge in [0, 0.05) is 25.7 Å². The smallest absolute Gasteiger partial charge is 0.261 e. The second kappa shape index (κ2) is 4.97. The number of anilines is 1. The minimum absolute atomic E-state index is 0.288. The number of aliphatic hydroxyl groups is 1. The van der Waals surface area contributed by atoms with E-state index >= 15 is 0 Å². The molecule has 3 heterocycles. The molecule has 3 rings (SSSR count). The summed E-state index contributed by atoms with van der Waals surface area (Å²) in [4.78, 5) is 10.8. The molecule has 2 aromatic rings. The highest BCUT2D eigenvalue weighted by Gasteiger charge is 2.25. The summed E-state index contributed by atoms with van der Waals surface area (Å²) >= 11 is 0. The molecule has 6 heteroatoms. The first kappa shape index (κ1) is 12.1. The highest BCUT2D eigenvalue weighted by Crippen LogP contribution is 2.29. The van der Waals surface area contributed by atoms with Gasteiger partial charge in [0.05, 0.1) is 11.7 Å². The quantitative estimate of drug-likeness (QED) is 0.895. The van der Waals surface area contributed by atoms with Crippen molar-refractivity contribution in [2.75, 3.05) is 18.0 Å². The zero-order chi connectivity index (χ0) is 13.2. The fourth-order valence-electron chi connectivity index (χ4n) is 2.26. The summed E-state index contributed by atoms with van der Waals surface area (Å²) in [6.07, 6.45) is 2.95. The lowest BCUT2D eigenvalue weighted by Gasteiger charge is -2.18. The number of rotatable bonds is 3. The molecule has 1 aliphatic rings. The van der Waals surface area contributed by atoms with E-state index in [4.69, 9.17) is 4.52 Å². The van der Waals surface area contributed by atoms with Crippen molar-refractivity contribution in [1.82, 2.24) is 15.1 Å². The summed E-state index contributed by atoms with van der Waals surface area (Å²) in [5.74, 6) is 1.97. The average molecular weight is 260 g/mol. The molecule has 0 radical (unpaired) electrons. The van der Waals surface area contributed by atoms with Crippen LogP contribution in [0.25, 0.3) is 11.5 Å². The zero-order valence-electron chi connectivity index (χ0n) is 10.8. The van der Waals surface area contributed by atoms with Crippen LogP contribution in [0.4, 0.5) is 5.82 Å². The van der Waals surface area contributed by atoms with E-state index in [1.807, 2.05) is 19.1 Å². The second-order valence-electron chi connectivity index (χ2n) is 4.63. The molecule has 1 aliphatic heterocycles. The highest BCUT2D eigenvalue weighted by molar-refractivity contribution is 5.70. The third kappa shape index (κ3) is 2.31. The number of pyridine rings is 1. The molecule has 6 nitrogen and oxygen atoms in total. The molecule has 2 aromatic heterocycles. The summed E-state index contributed by atoms with van der Waals surface area (Å²) in [6.45, 7) is 3.37. The Labute approximate surface area is 111 Å². The fourth-order valence-corrected chi connectivity index (χ4v) is 2.26. The van der Waals surface area contributed by atoms with Crippen molar-refractivity contribution in [2.24, 2.45) is 0 Å². The maximum Gasteiger partial charge on any atom is 0.261 e. The zero-order valence-corrected chi connectivity index (χ0v) is 10.8. The van der Waals surface area contributed by atoms with E-state index in [0.29, 0.717) is 18.3 Å². The molecule has 19 heavy (non-hydrogen) atoms. The van der Waals surface area contributed by atoms with Gasteiger partial charge in [-0.3, -0.25) is 0 Å². The van der Waals surface area contributed by atoms with Gasteiger partial charge in [0.15, 0.2) is 5.82 Å². The minimum Gasteiger partial charge on any atom is -0.391 e. The molecule has 1 unspecified atom stereocenters. The minimum atomic E-state index is -0.288. The number of β-amino-alcohol motifs (C(OH)–C–C–N with tert-alkyl or cyclic N) is 1. The molecule has 0 bridgehead atoms. The normalized spacial score (nSPS) is 19.1. The Kier molecular flexibility index (Phi) is 3.16. The van der Waals surface area contributed by atoms with E-state index in [1.165, 1.54) is 0 Å². The Hall–Kier alpha value is -1.95. The molecular formula is C13H16N4O2. The third-order valence-corrected chi connectivity index (χ3v) is 3.26. The fraction of sp³-hybridized carbons (Fsp3) is 0.462. The van der Waals surface area contributed by atoms with Gasteiger partial charge in [-0.15, -0.1) is 0 Å². The van der Waals surface area contributed by atoms with Crippen LogP contribution in [-0.2, 0) is 6.42 Å². The van der Waals surface area contributed by atoms with Crippen LogP contribution in [-0.4, -0.2) is 39.4 Å². The van der Waals surface area contributed by atoms with Crippen LogP contribution >= 0.6 is 0 Å². The molecular weight excluding hydrogens is 244 g/mol.